The van der Waals surface area contributed by atoms with Gasteiger partial charge in [-0.25, -0.2) is 15.0 Å². The summed E-state index contributed by atoms with van der Waals surface area (Å²) in [5.41, 5.74) is 6.46. The lowest BCUT2D eigenvalue weighted by molar-refractivity contribution is 0.0515. The molecule has 2 aromatic rings. The maximum Gasteiger partial charge on any atom is 0.353 e. The van der Waals surface area contributed by atoms with E-state index in [1.165, 1.54) is 29.3 Å². The molecule has 10 nitrogen and oxygen atoms in total. The van der Waals surface area contributed by atoms with Crippen LogP contribution in [0.25, 0.3) is 11.2 Å². The summed E-state index contributed by atoms with van der Waals surface area (Å²) in [6.45, 7) is 3.75. The van der Waals surface area contributed by atoms with Gasteiger partial charge in [-0.3, -0.25) is 4.57 Å². The van der Waals surface area contributed by atoms with Crippen LogP contribution >= 0.6 is 7.60 Å². The highest BCUT2D eigenvalue weighted by Crippen LogP contribution is 2.49. The second-order valence-electron chi connectivity index (χ2n) is 4.58. The number of hydrogen-bond donors (Lipinski definition) is 2. The molecule has 0 aromatic carbocycles. The van der Waals surface area contributed by atoms with Gasteiger partial charge in [-0.15, -0.1) is 0 Å². The minimum Gasteiger partial charge on any atom is -0.408 e. The third-order valence-electron chi connectivity index (χ3n) is 2.82. The van der Waals surface area contributed by atoms with Crippen molar-refractivity contribution in [2.45, 2.75) is 20.0 Å². The molecule has 0 bridgehead atoms. The van der Waals surface area contributed by atoms with Crippen molar-refractivity contribution in [2.24, 2.45) is 0 Å². The van der Waals surface area contributed by atoms with Gasteiger partial charge in [-0.05, 0) is 19.9 Å². The van der Waals surface area contributed by atoms with Crippen LogP contribution in [0.2, 0.25) is 0 Å². The molecule has 0 aliphatic carbocycles. The summed E-state index contributed by atoms with van der Waals surface area (Å²) in [7, 11) is -3.36. The number of anilines is 1. The Kier molecular flexibility index (Phi) is 6.27. The third-order valence-corrected chi connectivity index (χ3v) is 4.60. The number of hydrogen-bond acceptors (Lipinski definition) is 9. The van der Waals surface area contributed by atoms with Gasteiger partial charge in [0.25, 0.3) is 0 Å². The molecular formula is C13H20N5O5P. The molecule has 0 fully saturated rings. The molecule has 11 heteroatoms. The fourth-order valence-electron chi connectivity index (χ4n) is 1.83. The topological polar surface area (TPSA) is 135 Å². The van der Waals surface area contributed by atoms with Crippen LogP contribution in [-0.4, -0.2) is 50.7 Å². The number of imidazole rings is 1. The second kappa shape index (κ2) is 8.20. The van der Waals surface area contributed by atoms with E-state index in [1.54, 1.807) is 13.8 Å². The van der Waals surface area contributed by atoms with Crippen LogP contribution in [0.15, 0.2) is 24.5 Å². The molecule has 0 amide bonds. The maximum absolute atomic E-state index is 12.2. The fraction of sp³-hybridized carbons (Fsp3) is 0.462. The average molecular weight is 357 g/mol. The summed E-state index contributed by atoms with van der Waals surface area (Å²) in [5, 5.41) is 9.94. The molecule has 0 spiro atoms. The number of aliphatic hydroxyl groups excluding tert-OH is 1. The Morgan fingerprint density at radius 2 is 2.04 bits per heavy atom. The molecule has 0 aliphatic rings. The minimum absolute atomic E-state index is 0.121. The molecule has 0 aliphatic heterocycles. The maximum atomic E-state index is 12.2. The molecule has 24 heavy (non-hydrogen) atoms. The van der Waals surface area contributed by atoms with E-state index >= 15 is 0 Å². The summed E-state index contributed by atoms with van der Waals surface area (Å²) < 4.78 is 23.7. The van der Waals surface area contributed by atoms with Crippen LogP contribution < -0.4 is 10.6 Å². The van der Waals surface area contributed by atoms with Gasteiger partial charge in [-0.2, -0.15) is 4.73 Å². The molecule has 2 aromatic heterocycles. The van der Waals surface area contributed by atoms with Crippen molar-refractivity contribution < 1.29 is 23.6 Å². The van der Waals surface area contributed by atoms with E-state index in [9.17, 15) is 9.67 Å². The molecular weight excluding hydrogens is 337 g/mol. The molecule has 1 atom stereocenters. The lowest BCUT2D eigenvalue weighted by atomic mass is 10.4. The number of rotatable bonds is 9. The number of nitrogen functional groups attached to an aromatic ring is 1. The molecule has 3 N–H and O–H groups in total. The Bertz CT molecular complexity index is 739. The van der Waals surface area contributed by atoms with Crippen LogP contribution in [0.5, 0.6) is 0 Å². The van der Waals surface area contributed by atoms with Gasteiger partial charge >= 0.3 is 7.60 Å². The first-order valence-corrected chi connectivity index (χ1v) is 8.93. The van der Waals surface area contributed by atoms with E-state index in [2.05, 4.69) is 15.0 Å². The lowest BCUT2D eigenvalue weighted by Gasteiger charge is -2.14. The highest BCUT2D eigenvalue weighted by molar-refractivity contribution is 7.57. The Hall–Kier alpha value is -2.00. The zero-order valence-electron chi connectivity index (χ0n) is 13.4. The third kappa shape index (κ3) is 4.51. The zero-order chi connectivity index (χ0) is 17.6. The monoisotopic (exact) mass is 357 g/mol. The molecule has 0 saturated carbocycles. The van der Waals surface area contributed by atoms with Crippen molar-refractivity contribution in [2.75, 3.05) is 25.6 Å². The van der Waals surface area contributed by atoms with Crippen LogP contribution in [0.3, 0.4) is 0 Å². The van der Waals surface area contributed by atoms with Gasteiger partial charge < -0.3 is 24.7 Å². The Balaban J connectivity index is 1.99. The Morgan fingerprint density at radius 3 is 2.71 bits per heavy atom. The highest BCUT2D eigenvalue weighted by atomic mass is 31.2. The first kappa shape index (κ1) is 18.3. The largest absolute Gasteiger partial charge is 0.408 e. The molecule has 2 rings (SSSR count). The Labute approximate surface area is 138 Å². The normalized spacial score (nSPS) is 13.6. The van der Waals surface area contributed by atoms with Crippen molar-refractivity contribution in [3.8, 4) is 0 Å². The standard InChI is InChI=1S/C13H20N5O5P/c1-3-22-24(20,23-4-2)6-5-10(19)7-21-18-9-17-11-12(14)15-8-16-13(11)18/h5-6,8-10,19H,3-4,7H2,1-2H3,(H2,14,15,16)/t10-/m1/s1. The quantitative estimate of drug-likeness (QED) is 0.629. The van der Waals surface area contributed by atoms with Gasteiger partial charge in [0.1, 0.15) is 25.4 Å². The Morgan fingerprint density at radius 1 is 1.33 bits per heavy atom. The molecule has 0 radical (unpaired) electrons. The van der Waals surface area contributed by atoms with E-state index in [1.807, 2.05) is 0 Å². The average Bonchev–Trinajstić information content (AvgIpc) is 2.96. The van der Waals surface area contributed by atoms with Crippen LogP contribution in [-0.2, 0) is 13.6 Å². The summed E-state index contributed by atoms with van der Waals surface area (Å²) >= 11 is 0. The van der Waals surface area contributed by atoms with Gasteiger partial charge in [0.2, 0.25) is 5.65 Å². The first-order valence-electron chi connectivity index (χ1n) is 7.32. The SMILES string of the molecule is CCOP(=O)(C=C[C@@H](O)COn1cnc2c(N)ncnc21)OCC. The van der Waals surface area contributed by atoms with Crippen LogP contribution in [0, 0.1) is 0 Å². The number of nitrogens with zero attached hydrogens (tertiary/aromatic N) is 4. The second-order valence-corrected chi connectivity index (χ2v) is 6.48. The number of nitrogens with two attached hydrogens (primary N) is 1. The summed E-state index contributed by atoms with van der Waals surface area (Å²) in [6, 6.07) is 0. The number of aliphatic hydroxyl groups is 1. The zero-order valence-corrected chi connectivity index (χ0v) is 14.3. The van der Waals surface area contributed by atoms with E-state index < -0.39 is 13.7 Å². The predicted molar refractivity (Wildman–Crippen MR) is 87.2 cm³/mol. The van der Waals surface area contributed by atoms with Crippen LogP contribution in [0.4, 0.5) is 5.82 Å². The van der Waals surface area contributed by atoms with E-state index in [0.29, 0.717) is 11.2 Å². The van der Waals surface area contributed by atoms with E-state index in [0.717, 1.165) is 0 Å². The smallest absolute Gasteiger partial charge is 0.353 e. The summed E-state index contributed by atoms with van der Waals surface area (Å²) in [6.07, 6.45) is 2.93. The van der Waals surface area contributed by atoms with Crippen molar-refractivity contribution in [3.05, 3.63) is 24.5 Å². The summed E-state index contributed by atoms with van der Waals surface area (Å²) in [4.78, 5) is 17.3. The minimum atomic E-state index is -3.36. The predicted octanol–water partition coefficient (Wildman–Crippen LogP) is 0.978. The number of fused-ring (bicyclic) bond motifs is 1. The number of aromatic nitrogens is 4. The van der Waals surface area contributed by atoms with Gasteiger partial charge in [0.05, 0.1) is 13.2 Å². The van der Waals surface area contributed by atoms with Gasteiger partial charge in [0, 0.05) is 5.82 Å². The lowest BCUT2D eigenvalue weighted by Crippen LogP contribution is -2.22. The fourth-order valence-corrected chi connectivity index (χ4v) is 3.20. The van der Waals surface area contributed by atoms with Crippen molar-refractivity contribution in [1.29, 1.82) is 0 Å². The van der Waals surface area contributed by atoms with E-state index in [4.69, 9.17) is 19.6 Å². The molecule has 132 valence electrons. The first-order chi connectivity index (χ1) is 11.5. The molecule has 2 heterocycles. The van der Waals surface area contributed by atoms with Gasteiger partial charge in [-0.1, -0.05) is 0 Å². The molecule has 0 saturated heterocycles. The van der Waals surface area contributed by atoms with Crippen molar-refractivity contribution in [1.82, 2.24) is 19.7 Å². The highest BCUT2D eigenvalue weighted by Gasteiger charge is 2.19. The van der Waals surface area contributed by atoms with Crippen molar-refractivity contribution >= 4 is 24.6 Å². The van der Waals surface area contributed by atoms with Crippen molar-refractivity contribution in [3.63, 3.8) is 0 Å². The van der Waals surface area contributed by atoms with E-state index in [-0.39, 0.29) is 25.6 Å². The molecule has 0 unspecified atom stereocenters. The van der Waals surface area contributed by atoms with Gasteiger partial charge in [0.15, 0.2) is 11.3 Å². The summed E-state index contributed by atoms with van der Waals surface area (Å²) in [5.74, 6) is 1.46. The van der Waals surface area contributed by atoms with Crippen LogP contribution in [0.1, 0.15) is 13.8 Å².